The first-order valence-electron chi connectivity index (χ1n) is 8.42. The van der Waals surface area contributed by atoms with Crippen LogP contribution in [0.25, 0.3) is 10.8 Å². The van der Waals surface area contributed by atoms with E-state index in [-0.39, 0.29) is 29.2 Å². The lowest BCUT2D eigenvalue weighted by atomic mass is 9.57. The van der Waals surface area contributed by atoms with E-state index in [1.54, 1.807) is 0 Å². The molecule has 126 valence electrons. The molecule has 0 aliphatic heterocycles. The second kappa shape index (κ2) is 6.27. The van der Waals surface area contributed by atoms with Crippen molar-refractivity contribution < 1.29 is 9.59 Å². The Labute approximate surface area is 142 Å². The molecule has 0 heterocycles. The summed E-state index contributed by atoms with van der Waals surface area (Å²) in [5, 5.41) is 8.20. The van der Waals surface area contributed by atoms with Crippen molar-refractivity contribution in [2.45, 2.75) is 39.7 Å². The molecule has 0 radical (unpaired) electrons. The normalized spacial score (nSPS) is 21.8. The van der Waals surface area contributed by atoms with Crippen molar-refractivity contribution in [1.82, 2.24) is 5.32 Å². The Balaban J connectivity index is 1.65. The van der Waals surface area contributed by atoms with Gasteiger partial charge in [0.2, 0.25) is 11.8 Å². The highest BCUT2D eigenvalue weighted by atomic mass is 16.2. The molecular weight excluding hydrogens is 300 g/mol. The number of amides is 2. The summed E-state index contributed by atoms with van der Waals surface area (Å²) in [6.07, 6.45) is 1.34. The van der Waals surface area contributed by atoms with Gasteiger partial charge in [-0.1, -0.05) is 50.2 Å². The number of rotatable bonds is 4. The van der Waals surface area contributed by atoms with Gasteiger partial charge >= 0.3 is 0 Å². The number of benzene rings is 2. The summed E-state index contributed by atoms with van der Waals surface area (Å²) in [6, 6.07) is 14.1. The molecule has 4 heteroatoms. The van der Waals surface area contributed by atoms with E-state index >= 15 is 0 Å². The number of nitrogens with one attached hydrogen (secondary N) is 2. The predicted octanol–water partition coefficient (Wildman–Crippen LogP) is 3.72. The molecule has 3 rings (SSSR count). The third-order valence-electron chi connectivity index (χ3n) is 5.34. The largest absolute Gasteiger partial charge is 0.353 e. The van der Waals surface area contributed by atoms with Crippen molar-refractivity contribution in [3.05, 3.63) is 42.5 Å². The Morgan fingerprint density at radius 2 is 1.83 bits per heavy atom. The maximum absolute atomic E-state index is 12.5. The molecule has 0 aromatic heterocycles. The van der Waals surface area contributed by atoms with E-state index in [4.69, 9.17) is 0 Å². The minimum atomic E-state index is -0.0538. The van der Waals surface area contributed by atoms with Gasteiger partial charge in [-0.15, -0.1) is 0 Å². The van der Waals surface area contributed by atoms with Crippen molar-refractivity contribution >= 4 is 28.3 Å². The first-order chi connectivity index (χ1) is 11.4. The van der Waals surface area contributed by atoms with Crippen molar-refractivity contribution in [3.63, 3.8) is 0 Å². The SMILES string of the molecule is CC(=O)NC1CC(CC(=O)Nc2cccc3ccccc23)C1(C)C. The van der Waals surface area contributed by atoms with Gasteiger partial charge in [-0.05, 0) is 29.2 Å². The highest BCUT2D eigenvalue weighted by molar-refractivity contribution is 6.02. The molecule has 2 atom stereocenters. The zero-order chi connectivity index (χ0) is 17.3. The molecule has 1 aliphatic rings. The average Bonchev–Trinajstić information content (AvgIpc) is 2.54. The second-order valence-electron chi connectivity index (χ2n) is 7.29. The lowest BCUT2D eigenvalue weighted by Gasteiger charge is -2.52. The third-order valence-corrected chi connectivity index (χ3v) is 5.34. The van der Waals surface area contributed by atoms with Crippen LogP contribution in [0.15, 0.2) is 42.5 Å². The molecule has 24 heavy (non-hydrogen) atoms. The van der Waals surface area contributed by atoms with Gasteiger partial charge in [-0.3, -0.25) is 9.59 Å². The average molecular weight is 324 g/mol. The number of carbonyl (C=O) groups excluding carboxylic acids is 2. The van der Waals surface area contributed by atoms with E-state index in [0.717, 1.165) is 22.9 Å². The van der Waals surface area contributed by atoms with E-state index in [1.807, 2.05) is 42.5 Å². The number of anilines is 1. The highest BCUT2D eigenvalue weighted by Gasteiger charge is 2.48. The molecule has 2 aromatic rings. The van der Waals surface area contributed by atoms with Crippen LogP contribution in [0.1, 0.15) is 33.6 Å². The standard InChI is InChI=1S/C20H24N2O2/c1-13(23)21-18-11-15(20(18,2)3)12-19(24)22-17-10-6-8-14-7-4-5-9-16(14)17/h4-10,15,18H,11-12H2,1-3H3,(H,21,23)(H,22,24). The summed E-state index contributed by atoms with van der Waals surface area (Å²) in [5.41, 5.74) is 0.801. The Morgan fingerprint density at radius 1 is 1.12 bits per heavy atom. The highest BCUT2D eigenvalue weighted by Crippen LogP contribution is 2.48. The minimum Gasteiger partial charge on any atom is -0.353 e. The van der Waals surface area contributed by atoms with Crippen LogP contribution >= 0.6 is 0 Å². The molecule has 2 unspecified atom stereocenters. The van der Waals surface area contributed by atoms with Crippen molar-refractivity contribution in [1.29, 1.82) is 0 Å². The van der Waals surface area contributed by atoms with Crippen LogP contribution in [0.3, 0.4) is 0 Å². The van der Waals surface area contributed by atoms with Gasteiger partial charge in [0, 0.05) is 30.5 Å². The van der Waals surface area contributed by atoms with Gasteiger partial charge in [0.25, 0.3) is 0 Å². The van der Waals surface area contributed by atoms with Crippen LogP contribution in [-0.4, -0.2) is 17.9 Å². The monoisotopic (exact) mass is 324 g/mol. The summed E-state index contributed by atoms with van der Waals surface area (Å²) in [5.74, 6) is 0.307. The second-order valence-corrected chi connectivity index (χ2v) is 7.29. The maximum atomic E-state index is 12.5. The van der Waals surface area contributed by atoms with E-state index in [1.165, 1.54) is 6.92 Å². The van der Waals surface area contributed by atoms with Gasteiger partial charge in [0.1, 0.15) is 0 Å². The summed E-state index contributed by atoms with van der Waals surface area (Å²) in [4.78, 5) is 23.7. The molecule has 2 aromatic carbocycles. The number of hydrogen-bond acceptors (Lipinski definition) is 2. The zero-order valence-electron chi connectivity index (χ0n) is 14.4. The lowest BCUT2D eigenvalue weighted by Crippen LogP contribution is -2.58. The summed E-state index contributed by atoms with van der Waals surface area (Å²) in [6.45, 7) is 5.77. The van der Waals surface area contributed by atoms with Gasteiger partial charge in [0.05, 0.1) is 0 Å². The molecule has 0 spiro atoms. The number of hydrogen-bond donors (Lipinski definition) is 2. The van der Waals surface area contributed by atoms with Crippen LogP contribution in [0.2, 0.25) is 0 Å². The smallest absolute Gasteiger partial charge is 0.224 e. The molecule has 1 fully saturated rings. The van der Waals surface area contributed by atoms with Gasteiger partial charge in [-0.25, -0.2) is 0 Å². The lowest BCUT2D eigenvalue weighted by molar-refractivity contribution is -0.125. The number of fused-ring (bicyclic) bond motifs is 1. The summed E-state index contributed by atoms with van der Waals surface area (Å²) >= 11 is 0. The van der Waals surface area contributed by atoms with Crippen molar-refractivity contribution in [2.24, 2.45) is 11.3 Å². The summed E-state index contributed by atoms with van der Waals surface area (Å²) < 4.78 is 0. The Hall–Kier alpha value is -2.36. The zero-order valence-corrected chi connectivity index (χ0v) is 14.4. The van der Waals surface area contributed by atoms with E-state index in [0.29, 0.717) is 6.42 Å². The third kappa shape index (κ3) is 3.14. The molecule has 1 saturated carbocycles. The first-order valence-corrected chi connectivity index (χ1v) is 8.42. The van der Waals surface area contributed by atoms with Gasteiger partial charge < -0.3 is 10.6 Å². The van der Waals surface area contributed by atoms with Gasteiger partial charge in [-0.2, -0.15) is 0 Å². The Morgan fingerprint density at radius 3 is 2.54 bits per heavy atom. The van der Waals surface area contributed by atoms with E-state index in [9.17, 15) is 9.59 Å². The van der Waals surface area contributed by atoms with Crippen molar-refractivity contribution in [2.75, 3.05) is 5.32 Å². The molecule has 1 aliphatic carbocycles. The molecular formula is C20H24N2O2. The molecule has 2 N–H and O–H groups in total. The fourth-order valence-corrected chi connectivity index (χ4v) is 3.61. The molecule has 0 bridgehead atoms. The summed E-state index contributed by atoms with van der Waals surface area (Å²) in [7, 11) is 0. The van der Waals surface area contributed by atoms with Crippen LogP contribution in [0.5, 0.6) is 0 Å². The molecule has 4 nitrogen and oxygen atoms in total. The maximum Gasteiger partial charge on any atom is 0.224 e. The molecule has 0 saturated heterocycles. The van der Waals surface area contributed by atoms with Crippen LogP contribution in [-0.2, 0) is 9.59 Å². The molecule has 2 amide bonds. The number of carbonyl (C=O) groups is 2. The van der Waals surface area contributed by atoms with E-state index in [2.05, 4.69) is 24.5 Å². The topological polar surface area (TPSA) is 58.2 Å². The fraction of sp³-hybridized carbons (Fsp3) is 0.400. The van der Waals surface area contributed by atoms with Crippen molar-refractivity contribution in [3.8, 4) is 0 Å². The van der Waals surface area contributed by atoms with Crippen LogP contribution in [0.4, 0.5) is 5.69 Å². The van der Waals surface area contributed by atoms with Crippen LogP contribution < -0.4 is 10.6 Å². The minimum absolute atomic E-state index is 0.00766. The Kier molecular flexibility index (Phi) is 4.31. The van der Waals surface area contributed by atoms with E-state index < -0.39 is 0 Å². The quantitative estimate of drug-likeness (QED) is 0.900. The van der Waals surface area contributed by atoms with Crippen LogP contribution in [0, 0.1) is 11.3 Å². The first kappa shape index (κ1) is 16.5. The Bertz CT molecular complexity index is 777. The van der Waals surface area contributed by atoms with Gasteiger partial charge in [0.15, 0.2) is 0 Å². The fourth-order valence-electron chi connectivity index (χ4n) is 3.61. The predicted molar refractivity (Wildman–Crippen MR) is 96.7 cm³/mol.